The third-order valence-corrected chi connectivity index (χ3v) is 3.79. The van der Waals surface area contributed by atoms with Crippen LogP contribution in [0.5, 0.6) is 17.2 Å². The minimum absolute atomic E-state index is 0.628. The van der Waals surface area contributed by atoms with Gasteiger partial charge in [0.2, 0.25) is 0 Å². The van der Waals surface area contributed by atoms with Crippen molar-refractivity contribution >= 4 is 17.3 Å². The Kier molecular flexibility index (Phi) is 5.24. The second kappa shape index (κ2) is 7.75. The second-order valence-corrected chi connectivity index (χ2v) is 5.69. The van der Waals surface area contributed by atoms with Crippen molar-refractivity contribution < 1.29 is 9.47 Å². The summed E-state index contributed by atoms with van der Waals surface area (Å²) in [5.41, 5.74) is 2.01. The summed E-state index contributed by atoms with van der Waals surface area (Å²) in [6.07, 6.45) is 0. The average Bonchev–Trinajstić information content (AvgIpc) is 2.62. The van der Waals surface area contributed by atoms with Gasteiger partial charge in [0.05, 0.1) is 7.11 Å². The molecular formula is C20H18ClNO2. The molecule has 0 saturated heterocycles. The monoisotopic (exact) mass is 339 g/mol. The van der Waals surface area contributed by atoms with Crippen LogP contribution in [-0.2, 0) is 6.54 Å². The number of nitrogens with one attached hydrogen (secondary N) is 1. The number of hydrogen-bond acceptors (Lipinski definition) is 3. The molecule has 24 heavy (non-hydrogen) atoms. The van der Waals surface area contributed by atoms with E-state index in [-0.39, 0.29) is 0 Å². The van der Waals surface area contributed by atoms with Crippen LogP contribution in [0.25, 0.3) is 0 Å². The van der Waals surface area contributed by atoms with Crippen molar-refractivity contribution in [1.29, 1.82) is 0 Å². The van der Waals surface area contributed by atoms with Gasteiger partial charge in [-0.05, 0) is 54.6 Å². The highest BCUT2D eigenvalue weighted by Gasteiger charge is 2.04. The van der Waals surface area contributed by atoms with Gasteiger partial charge >= 0.3 is 0 Å². The molecule has 0 aliphatic carbocycles. The Hall–Kier alpha value is -2.65. The standard InChI is InChI=1S/C20H18ClNO2/c1-23-20-12-7-16(21)13-15(20)14-22-17-8-10-19(11-9-17)24-18-5-3-2-4-6-18/h2-13,22H,14H2,1H3. The lowest BCUT2D eigenvalue weighted by molar-refractivity contribution is 0.410. The normalized spacial score (nSPS) is 10.2. The van der Waals surface area contributed by atoms with Crippen molar-refractivity contribution in [2.75, 3.05) is 12.4 Å². The molecule has 0 heterocycles. The molecule has 3 aromatic rings. The second-order valence-electron chi connectivity index (χ2n) is 5.25. The van der Waals surface area contributed by atoms with E-state index in [1.807, 2.05) is 72.8 Å². The Morgan fingerprint density at radius 3 is 2.29 bits per heavy atom. The summed E-state index contributed by atoms with van der Waals surface area (Å²) < 4.78 is 11.1. The van der Waals surface area contributed by atoms with E-state index < -0.39 is 0 Å². The molecule has 0 radical (unpaired) electrons. The summed E-state index contributed by atoms with van der Waals surface area (Å²) >= 11 is 6.05. The van der Waals surface area contributed by atoms with Crippen molar-refractivity contribution in [3.8, 4) is 17.2 Å². The number of anilines is 1. The number of halogens is 1. The molecule has 3 aromatic carbocycles. The smallest absolute Gasteiger partial charge is 0.127 e. The molecule has 1 N–H and O–H groups in total. The van der Waals surface area contributed by atoms with Crippen molar-refractivity contribution in [1.82, 2.24) is 0 Å². The number of methoxy groups -OCH3 is 1. The molecule has 0 bridgehead atoms. The molecular weight excluding hydrogens is 322 g/mol. The zero-order chi connectivity index (χ0) is 16.8. The van der Waals surface area contributed by atoms with Gasteiger partial charge in [0.25, 0.3) is 0 Å². The minimum atomic E-state index is 0.628. The molecule has 0 aliphatic rings. The summed E-state index contributed by atoms with van der Waals surface area (Å²) in [7, 11) is 1.66. The topological polar surface area (TPSA) is 30.5 Å². The van der Waals surface area contributed by atoms with Gasteiger partial charge in [0.15, 0.2) is 0 Å². The maximum Gasteiger partial charge on any atom is 0.127 e. The van der Waals surface area contributed by atoms with Crippen molar-refractivity contribution in [2.24, 2.45) is 0 Å². The van der Waals surface area contributed by atoms with Gasteiger partial charge in [0.1, 0.15) is 17.2 Å². The highest BCUT2D eigenvalue weighted by Crippen LogP contribution is 2.25. The van der Waals surface area contributed by atoms with Gasteiger partial charge in [-0.15, -0.1) is 0 Å². The molecule has 0 atom stereocenters. The highest BCUT2D eigenvalue weighted by atomic mass is 35.5. The van der Waals surface area contributed by atoms with Gasteiger partial charge < -0.3 is 14.8 Å². The summed E-state index contributed by atoms with van der Waals surface area (Å²) in [4.78, 5) is 0. The predicted octanol–water partition coefficient (Wildman–Crippen LogP) is 5.75. The highest BCUT2D eigenvalue weighted by molar-refractivity contribution is 6.30. The van der Waals surface area contributed by atoms with E-state index in [2.05, 4.69) is 5.32 Å². The summed E-state index contributed by atoms with van der Waals surface area (Å²) in [5, 5.41) is 4.05. The van der Waals surface area contributed by atoms with Gasteiger partial charge in [-0.3, -0.25) is 0 Å². The number of benzene rings is 3. The first-order chi connectivity index (χ1) is 11.7. The number of hydrogen-bond donors (Lipinski definition) is 1. The number of ether oxygens (including phenoxy) is 2. The van der Waals surface area contributed by atoms with Crippen LogP contribution < -0.4 is 14.8 Å². The molecule has 122 valence electrons. The lowest BCUT2D eigenvalue weighted by Gasteiger charge is -2.12. The fourth-order valence-electron chi connectivity index (χ4n) is 2.35. The first-order valence-corrected chi connectivity index (χ1v) is 8.01. The van der Waals surface area contributed by atoms with Gasteiger partial charge in [-0.25, -0.2) is 0 Å². The number of rotatable bonds is 6. The van der Waals surface area contributed by atoms with Crippen LogP contribution in [0.4, 0.5) is 5.69 Å². The SMILES string of the molecule is COc1ccc(Cl)cc1CNc1ccc(Oc2ccccc2)cc1. The van der Waals surface area contributed by atoms with E-state index in [4.69, 9.17) is 21.1 Å². The Balaban J connectivity index is 1.63. The van der Waals surface area contributed by atoms with Crippen molar-refractivity contribution in [3.63, 3.8) is 0 Å². The molecule has 0 amide bonds. The molecule has 0 unspecified atom stereocenters. The average molecular weight is 340 g/mol. The minimum Gasteiger partial charge on any atom is -0.496 e. The predicted molar refractivity (Wildman–Crippen MR) is 98.3 cm³/mol. The summed E-state index contributed by atoms with van der Waals surface area (Å²) in [5.74, 6) is 2.44. The molecule has 0 aromatic heterocycles. The van der Waals surface area contributed by atoms with Crippen LogP contribution in [0.2, 0.25) is 5.02 Å². The van der Waals surface area contributed by atoms with Crippen LogP contribution in [-0.4, -0.2) is 7.11 Å². The van der Waals surface area contributed by atoms with E-state index >= 15 is 0 Å². The molecule has 3 nitrogen and oxygen atoms in total. The van der Waals surface area contributed by atoms with Crippen LogP contribution >= 0.6 is 11.6 Å². The first-order valence-electron chi connectivity index (χ1n) is 7.64. The van der Waals surface area contributed by atoms with Crippen LogP contribution in [0.3, 0.4) is 0 Å². The third kappa shape index (κ3) is 4.21. The van der Waals surface area contributed by atoms with Crippen molar-refractivity contribution in [3.05, 3.63) is 83.4 Å². The number of para-hydroxylation sites is 1. The fourth-order valence-corrected chi connectivity index (χ4v) is 2.54. The van der Waals surface area contributed by atoms with Gasteiger partial charge in [0, 0.05) is 22.8 Å². The maximum absolute atomic E-state index is 6.05. The van der Waals surface area contributed by atoms with E-state index in [1.54, 1.807) is 7.11 Å². The lowest BCUT2D eigenvalue weighted by Crippen LogP contribution is -2.01. The maximum atomic E-state index is 6.05. The Morgan fingerprint density at radius 2 is 1.58 bits per heavy atom. The van der Waals surface area contributed by atoms with E-state index in [0.29, 0.717) is 11.6 Å². The largest absolute Gasteiger partial charge is 0.496 e. The van der Waals surface area contributed by atoms with E-state index in [9.17, 15) is 0 Å². The Bertz CT molecular complexity index is 788. The molecule has 0 spiro atoms. The Labute approximate surface area is 146 Å². The van der Waals surface area contributed by atoms with E-state index in [0.717, 1.165) is 28.5 Å². The molecule has 0 fully saturated rings. The third-order valence-electron chi connectivity index (χ3n) is 3.56. The molecule has 4 heteroatoms. The van der Waals surface area contributed by atoms with Crippen LogP contribution in [0, 0.1) is 0 Å². The zero-order valence-electron chi connectivity index (χ0n) is 13.3. The van der Waals surface area contributed by atoms with Crippen LogP contribution in [0.1, 0.15) is 5.56 Å². The molecule has 0 saturated carbocycles. The van der Waals surface area contributed by atoms with Crippen molar-refractivity contribution in [2.45, 2.75) is 6.54 Å². The molecule has 0 aliphatic heterocycles. The zero-order valence-corrected chi connectivity index (χ0v) is 14.1. The van der Waals surface area contributed by atoms with E-state index in [1.165, 1.54) is 0 Å². The van der Waals surface area contributed by atoms with Gasteiger partial charge in [-0.1, -0.05) is 29.8 Å². The van der Waals surface area contributed by atoms with Crippen LogP contribution in [0.15, 0.2) is 72.8 Å². The van der Waals surface area contributed by atoms with Gasteiger partial charge in [-0.2, -0.15) is 0 Å². The quantitative estimate of drug-likeness (QED) is 0.620. The molecule has 3 rings (SSSR count). The lowest BCUT2D eigenvalue weighted by atomic mass is 10.2. The summed E-state index contributed by atoms with van der Waals surface area (Å²) in [6.45, 7) is 0.628. The Morgan fingerprint density at radius 1 is 0.875 bits per heavy atom. The fraction of sp³-hybridized carbons (Fsp3) is 0.100. The first kappa shape index (κ1) is 16.2. The summed E-state index contributed by atoms with van der Waals surface area (Å²) in [6, 6.07) is 23.1.